The van der Waals surface area contributed by atoms with Crippen LogP contribution in [0.4, 0.5) is 5.95 Å². The van der Waals surface area contributed by atoms with E-state index in [0.717, 1.165) is 11.5 Å². The lowest BCUT2D eigenvalue weighted by Gasteiger charge is -2.22. The zero-order chi connectivity index (χ0) is 14.5. The van der Waals surface area contributed by atoms with Crippen molar-refractivity contribution < 1.29 is 4.42 Å². The molecule has 0 saturated carbocycles. The molecule has 0 aliphatic carbocycles. The Morgan fingerprint density at radius 1 is 1.30 bits per heavy atom. The SMILES string of the molecule is CC(C)c1ccnc(NC[C@@H](c2ccco2)N(C)C)n1. The Balaban J connectivity index is 2.04. The average molecular weight is 274 g/mol. The number of hydrogen-bond donors (Lipinski definition) is 1. The summed E-state index contributed by atoms with van der Waals surface area (Å²) in [7, 11) is 4.06. The first-order valence-electron chi connectivity index (χ1n) is 6.84. The van der Waals surface area contributed by atoms with E-state index < -0.39 is 0 Å². The normalized spacial score (nSPS) is 12.9. The summed E-state index contributed by atoms with van der Waals surface area (Å²) < 4.78 is 5.48. The molecule has 0 amide bonds. The summed E-state index contributed by atoms with van der Waals surface area (Å²) in [5.41, 5.74) is 1.04. The van der Waals surface area contributed by atoms with Crippen LogP contribution in [0.5, 0.6) is 0 Å². The van der Waals surface area contributed by atoms with Crippen molar-refractivity contribution in [2.75, 3.05) is 26.0 Å². The van der Waals surface area contributed by atoms with Crippen molar-refractivity contribution in [3.63, 3.8) is 0 Å². The minimum atomic E-state index is 0.149. The molecule has 0 spiro atoms. The van der Waals surface area contributed by atoms with Crippen LogP contribution in [0.1, 0.15) is 37.3 Å². The van der Waals surface area contributed by atoms with Crippen molar-refractivity contribution in [1.82, 2.24) is 14.9 Å². The third kappa shape index (κ3) is 3.57. The van der Waals surface area contributed by atoms with Crippen LogP contribution in [-0.2, 0) is 0 Å². The number of likely N-dealkylation sites (N-methyl/N-ethyl adjacent to an activating group) is 1. The third-order valence-corrected chi connectivity index (χ3v) is 3.22. The third-order valence-electron chi connectivity index (χ3n) is 3.22. The molecule has 2 aromatic heterocycles. The van der Waals surface area contributed by atoms with Gasteiger partial charge in [0.25, 0.3) is 0 Å². The quantitative estimate of drug-likeness (QED) is 0.877. The molecule has 0 saturated heterocycles. The summed E-state index contributed by atoms with van der Waals surface area (Å²) in [6.07, 6.45) is 3.49. The van der Waals surface area contributed by atoms with Crippen molar-refractivity contribution in [1.29, 1.82) is 0 Å². The Kier molecular flexibility index (Phi) is 4.74. The standard InChI is InChI=1S/C15H22N4O/c1-11(2)12-7-8-16-15(18-12)17-10-13(19(3)4)14-6-5-9-20-14/h5-9,11,13H,10H2,1-4H3,(H,16,17,18)/t13-/m0/s1. The molecule has 2 heterocycles. The van der Waals surface area contributed by atoms with E-state index in [0.29, 0.717) is 18.4 Å². The minimum absolute atomic E-state index is 0.149. The van der Waals surface area contributed by atoms with Crippen LogP contribution < -0.4 is 5.32 Å². The molecule has 0 aromatic carbocycles. The molecule has 1 atom stereocenters. The Morgan fingerprint density at radius 3 is 2.70 bits per heavy atom. The fraction of sp³-hybridized carbons (Fsp3) is 0.467. The first kappa shape index (κ1) is 14.5. The zero-order valence-corrected chi connectivity index (χ0v) is 12.5. The predicted molar refractivity (Wildman–Crippen MR) is 79.7 cm³/mol. The molecule has 0 radical (unpaired) electrons. The lowest BCUT2D eigenvalue weighted by Crippen LogP contribution is -2.27. The van der Waals surface area contributed by atoms with E-state index in [4.69, 9.17) is 4.42 Å². The van der Waals surface area contributed by atoms with Crippen LogP contribution in [-0.4, -0.2) is 35.5 Å². The van der Waals surface area contributed by atoms with Crippen LogP contribution >= 0.6 is 0 Å². The van der Waals surface area contributed by atoms with Gasteiger partial charge < -0.3 is 9.73 Å². The van der Waals surface area contributed by atoms with Gasteiger partial charge in [-0.25, -0.2) is 9.97 Å². The molecule has 0 unspecified atom stereocenters. The van der Waals surface area contributed by atoms with Gasteiger partial charge in [-0.1, -0.05) is 13.8 Å². The zero-order valence-electron chi connectivity index (χ0n) is 12.5. The van der Waals surface area contributed by atoms with Gasteiger partial charge in [0, 0.05) is 18.4 Å². The molecule has 2 rings (SSSR count). The molecule has 0 aliphatic rings. The molecule has 0 bridgehead atoms. The van der Waals surface area contributed by atoms with E-state index in [1.165, 1.54) is 0 Å². The second-order valence-corrected chi connectivity index (χ2v) is 5.34. The Hall–Kier alpha value is -1.88. The van der Waals surface area contributed by atoms with Crippen molar-refractivity contribution in [2.45, 2.75) is 25.8 Å². The van der Waals surface area contributed by atoms with Gasteiger partial charge in [0.15, 0.2) is 0 Å². The van der Waals surface area contributed by atoms with Gasteiger partial charge in [0.05, 0.1) is 12.3 Å². The van der Waals surface area contributed by atoms with Crippen LogP contribution in [0.25, 0.3) is 0 Å². The second kappa shape index (κ2) is 6.52. The van der Waals surface area contributed by atoms with Gasteiger partial charge in [-0.2, -0.15) is 0 Å². The van der Waals surface area contributed by atoms with E-state index in [1.54, 1.807) is 12.5 Å². The summed E-state index contributed by atoms with van der Waals surface area (Å²) in [6, 6.07) is 5.99. The maximum atomic E-state index is 5.48. The van der Waals surface area contributed by atoms with Gasteiger partial charge in [-0.3, -0.25) is 4.90 Å². The van der Waals surface area contributed by atoms with Crippen LogP contribution in [0, 0.1) is 0 Å². The molecule has 0 aliphatic heterocycles. The van der Waals surface area contributed by atoms with Gasteiger partial charge in [0.1, 0.15) is 5.76 Å². The number of anilines is 1. The molecular formula is C15H22N4O. The van der Waals surface area contributed by atoms with Crippen LogP contribution in [0.2, 0.25) is 0 Å². The van der Waals surface area contributed by atoms with E-state index in [2.05, 4.69) is 34.0 Å². The van der Waals surface area contributed by atoms with Crippen molar-refractivity contribution in [3.05, 3.63) is 42.1 Å². The van der Waals surface area contributed by atoms with Crippen molar-refractivity contribution in [2.24, 2.45) is 0 Å². The van der Waals surface area contributed by atoms with Crippen LogP contribution in [0.15, 0.2) is 35.1 Å². The van der Waals surface area contributed by atoms with E-state index in [9.17, 15) is 0 Å². The summed E-state index contributed by atoms with van der Waals surface area (Å²) >= 11 is 0. The fourth-order valence-corrected chi connectivity index (χ4v) is 1.99. The number of rotatable bonds is 6. The Morgan fingerprint density at radius 2 is 2.10 bits per heavy atom. The number of nitrogens with one attached hydrogen (secondary N) is 1. The first-order chi connectivity index (χ1) is 9.58. The highest BCUT2D eigenvalue weighted by Gasteiger charge is 2.17. The molecule has 1 N–H and O–H groups in total. The molecule has 20 heavy (non-hydrogen) atoms. The van der Waals surface area contributed by atoms with Crippen molar-refractivity contribution >= 4 is 5.95 Å². The smallest absolute Gasteiger partial charge is 0.222 e. The summed E-state index contributed by atoms with van der Waals surface area (Å²) in [5, 5.41) is 3.29. The highest BCUT2D eigenvalue weighted by atomic mass is 16.3. The average Bonchev–Trinajstić information content (AvgIpc) is 2.93. The van der Waals surface area contributed by atoms with E-state index >= 15 is 0 Å². The topological polar surface area (TPSA) is 54.2 Å². The Labute approximate surface area is 120 Å². The molecule has 0 fully saturated rings. The Bertz CT molecular complexity index is 522. The number of hydrogen-bond acceptors (Lipinski definition) is 5. The molecule has 2 aromatic rings. The first-order valence-corrected chi connectivity index (χ1v) is 6.84. The van der Waals surface area contributed by atoms with E-state index in [-0.39, 0.29) is 6.04 Å². The van der Waals surface area contributed by atoms with E-state index in [1.807, 2.05) is 32.3 Å². The lowest BCUT2D eigenvalue weighted by atomic mass is 10.1. The summed E-state index contributed by atoms with van der Waals surface area (Å²) in [4.78, 5) is 10.9. The van der Waals surface area contributed by atoms with Crippen molar-refractivity contribution in [3.8, 4) is 0 Å². The number of aromatic nitrogens is 2. The van der Waals surface area contributed by atoms with Crippen LogP contribution in [0.3, 0.4) is 0 Å². The predicted octanol–water partition coefficient (Wildman–Crippen LogP) is 2.91. The molecule has 5 nitrogen and oxygen atoms in total. The lowest BCUT2D eigenvalue weighted by molar-refractivity contribution is 0.269. The maximum Gasteiger partial charge on any atom is 0.222 e. The van der Waals surface area contributed by atoms with Gasteiger partial charge in [0.2, 0.25) is 5.95 Å². The van der Waals surface area contributed by atoms with Gasteiger partial charge in [-0.05, 0) is 38.2 Å². The maximum absolute atomic E-state index is 5.48. The second-order valence-electron chi connectivity index (χ2n) is 5.34. The molecule has 5 heteroatoms. The molecular weight excluding hydrogens is 252 g/mol. The summed E-state index contributed by atoms with van der Waals surface area (Å²) in [6.45, 7) is 4.94. The highest BCUT2D eigenvalue weighted by Crippen LogP contribution is 2.19. The minimum Gasteiger partial charge on any atom is -0.468 e. The summed E-state index contributed by atoms with van der Waals surface area (Å²) in [5.74, 6) is 1.99. The van der Waals surface area contributed by atoms with Gasteiger partial charge >= 0.3 is 0 Å². The highest BCUT2D eigenvalue weighted by molar-refractivity contribution is 5.27. The largest absolute Gasteiger partial charge is 0.468 e. The monoisotopic (exact) mass is 274 g/mol. The number of nitrogens with zero attached hydrogens (tertiary/aromatic N) is 3. The fourth-order valence-electron chi connectivity index (χ4n) is 1.99. The van der Waals surface area contributed by atoms with Gasteiger partial charge in [-0.15, -0.1) is 0 Å². The molecule has 108 valence electrons. The number of furan rings is 1.